The molecule has 0 N–H and O–H groups in total. The van der Waals surface area contributed by atoms with Gasteiger partial charge in [-0.2, -0.15) is 5.10 Å². The lowest BCUT2D eigenvalue weighted by Gasteiger charge is -2.12. The third-order valence-corrected chi connectivity index (χ3v) is 2.12. The molecular formula is C11H17ClN2O2. The molecule has 0 aliphatic rings. The quantitative estimate of drug-likeness (QED) is 0.818. The van der Waals surface area contributed by atoms with Gasteiger partial charge >= 0.3 is 5.56 Å². The van der Waals surface area contributed by atoms with Gasteiger partial charge in [0.15, 0.2) is 10.9 Å². The molecule has 90 valence electrons. The van der Waals surface area contributed by atoms with Crippen LogP contribution in [0.2, 0.25) is 5.15 Å². The molecule has 1 heterocycles. The van der Waals surface area contributed by atoms with E-state index in [1.807, 2.05) is 27.7 Å². The SMILES string of the molecule is CC(C)COc1cc(Cl)nn(C(C)C)c1=O. The fourth-order valence-electron chi connectivity index (χ4n) is 1.17. The molecule has 0 fully saturated rings. The van der Waals surface area contributed by atoms with Crippen molar-refractivity contribution in [3.63, 3.8) is 0 Å². The summed E-state index contributed by atoms with van der Waals surface area (Å²) in [5.74, 6) is 0.626. The highest BCUT2D eigenvalue weighted by Gasteiger charge is 2.11. The zero-order chi connectivity index (χ0) is 12.3. The van der Waals surface area contributed by atoms with Crippen molar-refractivity contribution in [3.05, 3.63) is 21.6 Å². The molecule has 0 aliphatic heterocycles. The number of hydrogen-bond acceptors (Lipinski definition) is 3. The average Bonchev–Trinajstić information content (AvgIpc) is 2.18. The lowest BCUT2D eigenvalue weighted by molar-refractivity contribution is 0.263. The van der Waals surface area contributed by atoms with Gasteiger partial charge in [-0.05, 0) is 19.8 Å². The highest BCUT2D eigenvalue weighted by molar-refractivity contribution is 6.29. The molecule has 0 aromatic carbocycles. The molecule has 0 unspecified atom stereocenters. The summed E-state index contributed by atoms with van der Waals surface area (Å²) in [6.07, 6.45) is 0. The van der Waals surface area contributed by atoms with E-state index < -0.39 is 0 Å². The molecule has 0 amide bonds. The Morgan fingerprint density at radius 2 is 2.06 bits per heavy atom. The van der Waals surface area contributed by atoms with Crippen molar-refractivity contribution in [2.24, 2.45) is 5.92 Å². The van der Waals surface area contributed by atoms with Gasteiger partial charge in [0.1, 0.15) is 0 Å². The maximum absolute atomic E-state index is 11.9. The van der Waals surface area contributed by atoms with E-state index in [1.54, 1.807) is 0 Å². The molecule has 1 rings (SSSR count). The number of nitrogens with zero attached hydrogens (tertiary/aromatic N) is 2. The summed E-state index contributed by atoms with van der Waals surface area (Å²) in [5, 5.41) is 4.22. The summed E-state index contributed by atoms with van der Waals surface area (Å²) in [7, 11) is 0. The highest BCUT2D eigenvalue weighted by Crippen LogP contribution is 2.13. The zero-order valence-corrected chi connectivity index (χ0v) is 10.8. The van der Waals surface area contributed by atoms with Gasteiger partial charge in [0.25, 0.3) is 0 Å². The molecule has 1 aromatic heterocycles. The van der Waals surface area contributed by atoms with Crippen LogP contribution in [0, 0.1) is 5.92 Å². The first-order chi connectivity index (χ1) is 7.41. The van der Waals surface area contributed by atoms with Crippen LogP contribution in [-0.4, -0.2) is 16.4 Å². The van der Waals surface area contributed by atoms with E-state index in [1.165, 1.54) is 10.7 Å². The van der Waals surface area contributed by atoms with E-state index in [0.717, 1.165) is 0 Å². The van der Waals surface area contributed by atoms with Crippen molar-refractivity contribution in [1.82, 2.24) is 9.78 Å². The lowest BCUT2D eigenvalue weighted by atomic mass is 10.2. The summed E-state index contributed by atoms with van der Waals surface area (Å²) < 4.78 is 6.74. The molecule has 0 saturated heterocycles. The lowest BCUT2D eigenvalue weighted by Crippen LogP contribution is -2.26. The number of aromatic nitrogens is 2. The van der Waals surface area contributed by atoms with Crippen LogP contribution < -0.4 is 10.3 Å². The van der Waals surface area contributed by atoms with Crippen molar-refractivity contribution >= 4 is 11.6 Å². The van der Waals surface area contributed by atoms with Crippen molar-refractivity contribution in [2.45, 2.75) is 33.7 Å². The van der Waals surface area contributed by atoms with Gasteiger partial charge in [0, 0.05) is 6.07 Å². The average molecular weight is 245 g/mol. The number of ether oxygens (including phenoxy) is 1. The third-order valence-electron chi connectivity index (χ3n) is 1.93. The molecule has 4 nitrogen and oxygen atoms in total. The minimum atomic E-state index is -0.236. The highest BCUT2D eigenvalue weighted by atomic mass is 35.5. The van der Waals surface area contributed by atoms with Gasteiger partial charge in [-0.3, -0.25) is 4.79 Å². The Kier molecular flexibility index (Phi) is 4.35. The van der Waals surface area contributed by atoms with Gasteiger partial charge in [0.05, 0.1) is 12.6 Å². The summed E-state index contributed by atoms with van der Waals surface area (Å²) in [6.45, 7) is 8.27. The van der Waals surface area contributed by atoms with Crippen LogP contribution in [0.15, 0.2) is 10.9 Å². The van der Waals surface area contributed by atoms with Gasteiger partial charge in [-0.1, -0.05) is 25.4 Å². The molecule has 0 atom stereocenters. The Morgan fingerprint density at radius 1 is 1.44 bits per heavy atom. The third kappa shape index (κ3) is 3.23. The van der Waals surface area contributed by atoms with Crippen molar-refractivity contribution in [1.29, 1.82) is 0 Å². The van der Waals surface area contributed by atoms with Crippen molar-refractivity contribution < 1.29 is 4.74 Å². The maximum atomic E-state index is 11.9. The number of halogens is 1. The Balaban J connectivity index is 3.05. The molecule has 1 aromatic rings. The molecule has 0 bridgehead atoms. The van der Waals surface area contributed by atoms with Crippen LogP contribution in [0.3, 0.4) is 0 Å². The first-order valence-electron chi connectivity index (χ1n) is 5.34. The summed E-state index contributed by atoms with van der Waals surface area (Å²) >= 11 is 5.83. The Labute approximate surface area is 100 Å². The Bertz CT molecular complexity index is 413. The molecule has 5 heteroatoms. The van der Waals surface area contributed by atoms with E-state index in [0.29, 0.717) is 12.5 Å². The fourth-order valence-corrected chi connectivity index (χ4v) is 1.35. The summed E-state index contributed by atoms with van der Waals surface area (Å²) in [5.41, 5.74) is -0.236. The molecule has 16 heavy (non-hydrogen) atoms. The van der Waals surface area contributed by atoms with E-state index in [2.05, 4.69) is 5.10 Å². The molecule has 0 aliphatic carbocycles. The normalized spacial score (nSPS) is 11.2. The van der Waals surface area contributed by atoms with Gasteiger partial charge < -0.3 is 4.74 Å². The first-order valence-corrected chi connectivity index (χ1v) is 5.71. The predicted molar refractivity (Wildman–Crippen MR) is 64.2 cm³/mol. The summed E-state index contributed by atoms with van der Waals surface area (Å²) in [6, 6.07) is 1.43. The van der Waals surface area contributed by atoms with Crippen LogP contribution in [0.5, 0.6) is 5.75 Å². The Morgan fingerprint density at radius 3 is 2.56 bits per heavy atom. The van der Waals surface area contributed by atoms with E-state index in [9.17, 15) is 4.79 Å². The molecule has 0 saturated carbocycles. The zero-order valence-electron chi connectivity index (χ0n) is 10.0. The van der Waals surface area contributed by atoms with Gasteiger partial charge in [-0.25, -0.2) is 4.68 Å². The van der Waals surface area contributed by atoms with Crippen molar-refractivity contribution in [2.75, 3.05) is 6.61 Å². The maximum Gasteiger partial charge on any atom is 0.309 e. The smallest absolute Gasteiger partial charge is 0.309 e. The molecular weight excluding hydrogens is 228 g/mol. The Hall–Kier alpha value is -1.03. The molecule has 0 spiro atoms. The van der Waals surface area contributed by atoms with E-state index in [4.69, 9.17) is 16.3 Å². The second-order valence-electron chi connectivity index (χ2n) is 4.38. The van der Waals surface area contributed by atoms with Crippen LogP contribution in [-0.2, 0) is 0 Å². The second-order valence-corrected chi connectivity index (χ2v) is 4.77. The van der Waals surface area contributed by atoms with E-state index in [-0.39, 0.29) is 22.5 Å². The minimum absolute atomic E-state index is 0.0346. The topological polar surface area (TPSA) is 44.1 Å². The monoisotopic (exact) mass is 244 g/mol. The second kappa shape index (κ2) is 5.34. The summed E-state index contributed by atoms with van der Waals surface area (Å²) in [4.78, 5) is 11.9. The first kappa shape index (κ1) is 13.0. The van der Waals surface area contributed by atoms with Crippen LogP contribution >= 0.6 is 11.6 Å². The number of rotatable bonds is 4. The largest absolute Gasteiger partial charge is 0.488 e. The van der Waals surface area contributed by atoms with Crippen LogP contribution in [0.1, 0.15) is 33.7 Å². The van der Waals surface area contributed by atoms with Gasteiger partial charge in [-0.15, -0.1) is 0 Å². The van der Waals surface area contributed by atoms with Crippen LogP contribution in [0.25, 0.3) is 0 Å². The predicted octanol–water partition coefficient (Wildman–Crippen LogP) is 2.51. The minimum Gasteiger partial charge on any atom is -0.488 e. The van der Waals surface area contributed by atoms with Crippen LogP contribution in [0.4, 0.5) is 0 Å². The van der Waals surface area contributed by atoms with E-state index >= 15 is 0 Å². The van der Waals surface area contributed by atoms with Crippen molar-refractivity contribution in [3.8, 4) is 5.75 Å². The fraction of sp³-hybridized carbons (Fsp3) is 0.636. The standard InChI is InChI=1S/C11H17ClN2O2/c1-7(2)6-16-9-5-10(12)13-14(8(3)4)11(9)15/h5,7-8H,6H2,1-4H3. The van der Waals surface area contributed by atoms with Gasteiger partial charge in [0.2, 0.25) is 0 Å². The molecule has 0 radical (unpaired) electrons. The number of hydrogen-bond donors (Lipinski definition) is 0.